The molecule has 4 nitrogen and oxygen atoms in total. The number of benzene rings is 2. The number of anilines is 1. The van der Waals surface area contributed by atoms with Crippen molar-refractivity contribution in [1.29, 1.82) is 0 Å². The van der Waals surface area contributed by atoms with Crippen molar-refractivity contribution in [2.24, 2.45) is 0 Å². The largest absolute Gasteiger partial charge is 0.497 e. The maximum atomic E-state index is 11.8. The summed E-state index contributed by atoms with van der Waals surface area (Å²) in [6.07, 6.45) is 1.37. The summed E-state index contributed by atoms with van der Waals surface area (Å²) in [6.45, 7) is 0.852. The van der Waals surface area contributed by atoms with E-state index < -0.39 is 0 Å². The molecule has 2 rings (SSSR count). The van der Waals surface area contributed by atoms with Gasteiger partial charge in [-0.25, -0.2) is 0 Å². The lowest BCUT2D eigenvalue weighted by molar-refractivity contribution is -0.116. The van der Waals surface area contributed by atoms with E-state index in [1.54, 1.807) is 18.9 Å². The standard InChI is InChI=1S/C18H22N2O2S/c1-19-13-3-4-18(21)20-14-5-9-16(10-6-14)23-17-11-7-15(22-2)8-12-17/h5-12,19H,3-4,13H2,1-2H3,(H,20,21). The molecule has 0 unspecified atom stereocenters. The third-order valence-corrected chi connectivity index (χ3v) is 4.28. The number of hydrogen-bond donors (Lipinski definition) is 2. The Kier molecular flexibility index (Phi) is 6.97. The summed E-state index contributed by atoms with van der Waals surface area (Å²) in [4.78, 5) is 14.0. The molecule has 23 heavy (non-hydrogen) atoms. The van der Waals surface area contributed by atoms with Gasteiger partial charge in [0.05, 0.1) is 7.11 Å². The summed E-state index contributed by atoms with van der Waals surface area (Å²) in [5, 5.41) is 5.95. The maximum Gasteiger partial charge on any atom is 0.224 e. The molecule has 2 aromatic rings. The molecular formula is C18H22N2O2S. The van der Waals surface area contributed by atoms with E-state index in [0.717, 1.165) is 34.2 Å². The molecule has 122 valence electrons. The van der Waals surface area contributed by atoms with Gasteiger partial charge in [-0.05, 0) is 68.5 Å². The molecule has 0 radical (unpaired) electrons. The van der Waals surface area contributed by atoms with E-state index in [1.165, 1.54) is 0 Å². The first-order valence-electron chi connectivity index (χ1n) is 7.57. The van der Waals surface area contributed by atoms with Crippen molar-refractivity contribution < 1.29 is 9.53 Å². The Balaban J connectivity index is 1.87. The number of nitrogens with one attached hydrogen (secondary N) is 2. The van der Waals surface area contributed by atoms with Crippen LogP contribution in [-0.4, -0.2) is 26.6 Å². The Labute approximate surface area is 141 Å². The molecule has 5 heteroatoms. The van der Waals surface area contributed by atoms with E-state index >= 15 is 0 Å². The molecule has 0 bridgehead atoms. The third-order valence-electron chi connectivity index (χ3n) is 3.26. The second-order valence-corrected chi connectivity index (χ2v) is 6.20. The number of methoxy groups -OCH3 is 1. The fraction of sp³-hybridized carbons (Fsp3) is 0.278. The Morgan fingerprint density at radius 2 is 1.65 bits per heavy atom. The highest BCUT2D eigenvalue weighted by Gasteiger charge is 2.03. The average molecular weight is 330 g/mol. The van der Waals surface area contributed by atoms with Gasteiger partial charge in [0.15, 0.2) is 0 Å². The lowest BCUT2D eigenvalue weighted by Gasteiger charge is -2.07. The first kappa shape index (κ1) is 17.4. The van der Waals surface area contributed by atoms with Crippen LogP contribution in [0.1, 0.15) is 12.8 Å². The Hall–Kier alpha value is -1.98. The highest BCUT2D eigenvalue weighted by Crippen LogP contribution is 2.29. The van der Waals surface area contributed by atoms with Gasteiger partial charge in [0.25, 0.3) is 0 Å². The molecule has 2 N–H and O–H groups in total. The van der Waals surface area contributed by atoms with Crippen LogP contribution in [0.4, 0.5) is 5.69 Å². The van der Waals surface area contributed by atoms with Crippen LogP contribution in [0.3, 0.4) is 0 Å². The molecule has 2 aromatic carbocycles. The van der Waals surface area contributed by atoms with Crippen molar-refractivity contribution in [3.8, 4) is 5.75 Å². The predicted octanol–water partition coefficient (Wildman–Crippen LogP) is 3.78. The topological polar surface area (TPSA) is 50.4 Å². The summed E-state index contributed by atoms with van der Waals surface area (Å²) < 4.78 is 5.15. The molecule has 0 saturated carbocycles. The van der Waals surface area contributed by atoms with Crippen LogP contribution in [0.2, 0.25) is 0 Å². The minimum Gasteiger partial charge on any atom is -0.497 e. The smallest absolute Gasteiger partial charge is 0.224 e. The molecule has 0 saturated heterocycles. The van der Waals surface area contributed by atoms with Crippen molar-refractivity contribution in [2.45, 2.75) is 22.6 Å². The molecule has 0 atom stereocenters. The van der Waals surface area contributed by atoms with Gasteiger partial charge in [-0.1, -0.05) is 11.8 Å². The Bertz CT molecular complexity index is 612. The van der Waals surface area contributed by atoms with E-state index in [-0.39, 0.29) is 5.91 Å². The number of rotatable bonds is 8. The van der Waals surface area contributed by atoms with Crippen molar-refractivity contribution in [1.82, 2.24) is 5.32 Å². The number of carbonyl (C=O) groups excluding carboxylic acids is 1. The number of carbonyl (C=O) groups is 1. The molecular weight excluding hydrogens is 308 g/mol. The van der Waals surface area contributed by atoms with Crippen molar-refractivity contribution in [3.63, 3.8) is 0 Å². The summed E-state index contributed by atoms with van der Waals surface area (Å²) in [5.74, 6) is 0.904. The minimum atomic E-state index is 0.0517. The molecule has 0 heterocycles. The van der Waals surface area contributed by atoms with Gasteiger partial charge in [0.1, 0.15) is 5.75 Å². The van der Waals surface area contributed by atoms with Crippen molar-refractivity contribution in [2.75, 3.05) is 26.0 Å². The second-order valence-electron chi connectivity index (χ2n) is 5.06. The molecule has 0 spiro atoms. The van der Waals surface area contributed by atoms with Crippen LogP contribution in [0.25, 0.3) is 0 Å². The number of hydrogen-bond acceptors (Lipinski definition) is 4. The molecule has 0 aromatic heterocycles. The van der Waals surface area contributed by atoms with Crippen molar-refractivity contribution in [3.05, 3.63) is 48.5 Å². The van der Waals surface area contributed by atoms with E-state index in [2.05, 4.69) is 10.6 Å². The van der Waals surface area contributed by atoms with E-state index in [9.17, 15) is 4.79 Å². The van der Waals surface area contributed by atoms with Crippen LogP contribution in [0.15, 0.2) is 58.3 Å². The predicted molar refractivity (Wildman–Crippen MR) is 95.3 cm³/mol. The summed E-state index contributed by atoms with van der Waals surface area (Å²) in [7, 11) is 3.55. The quantitative estimate of drug-likeness (QED) is 0.723. The molecule has 0 aliphatic heterocycles. The number of amides is 1. The minimum absolute atomic E-state index is 0.0517. The first-order chi connectivity index (χ1) is 11.2. The van der Waals surface area contributed by atoms with Crippen LogP contribution < -0.4 is 15.4 Å². The fourth-order valence-corrected chi connectivity index (χ4v) is 2.85. The fourth-order valence-electron chi connectivity index (χ4n) is 2.04. The average Bonchev–Trinajstić information content (AvgIpc) is 2.57. The normalized spacial score (nSPS) is 10.3. The zero-order valence-electron chi connectivity index (χ0n) is 13.5. The monoisotopic (exact) mass is 330 g/mol. The Morgan fingerprint density at radius 3 is 2.22 bits per heavy atom. The van der Waals surface area contributed by atoms with Gasteiger partial charge in [0, 0.05) is 21.9 Å². The highest BCUT2D eigenvalue weighted by molar-refractivity contribution is 7.99. The Morgan fingerprint density at radius 1 is 1.04 bits per heavy atom. The summed E-state index contributed by atoms with van der Waals surface area (Å²) in [5.41, 5.74) is 0.832. The van der Waals surface area contributed by atoms with Crippen LogP contribution >= 0.6 is 11.8 Å². The second kappa shape index (κ2) is 9.22. The number of ether oxygens (including phenoxy) is 1. The van der Waals surface area contributed by atoms with Gasteiger partial charge in [-0.2, -0.15) is 0 Å². The zero-order valence-corrected chi connectivity index (χ0v) is 14.3. The summed E-state index contributed by atoms with van der Waals surface area (Å²) in [6, 6.07) is 15.8. The van der Waals surface area contributed by atoms with Gasteiger partial charge < -0.3 is 15.4 Å². The molecule has 0 aliphatic carbocycles. The maximum absolute atomic E-state index is 11.8. The van der Waals surface area contributed by atoms with Gasteiger partial charge in [0.2, 0.25) is 5.91 Å². The van der Waals surface area contributed by atoms with Crippen molar-refractivity contribution >= 4 is 23.4 Å². The van der Waals surface area contributed by atoms with E-state index in [1.807, 2.05) is 55.6 Å². The van der Waals surface area contributed by atoms with Crippen LogP contribution in [-0.2, 0) is 4.79 Å². The first-order valence-corrected chi connectivity index (χ1v) is 8.39. The van der Waals surface area contributed by atoms with Gasteiger partial charge in [-0.3, -0.25) is 4.79 Å². The molecule has 0 aliphatic rings. The van der Waals surface area contributed by atoms with E-state index in [0.29, 0.717) is 6.42 Å². The van der Waals surface area contributed by atoms with E-state index in [4.69, 9.17) is 4.74 Å². The zero-order chi connectivity index (χ0) is 16.5. The SMILES string of the molecule is CNCCCC(=O)Nc1ccc(Sc2ccc(OC)cc2)cc1. The lowest BCUT2D eigenvalue weighted by Crippen LogP contribution is -2.15. The third kappa shape index (κ3) is 5.96. The summed E-state index contributed by atoms with van der Waals surface area (Å²) >= 11 is 1.67. The van der Waals surface area contributed by atoms with Crippen LogP contribution in [0, 0.1) is 0 Å². The van der Waals surface area contributed by atoms with Gasteiger partial charge >= 0.3 is 0 Å². The lowest BCUT2D eigenvalue weighted by atomic mass is 10.2. The highest BCUT2D eigenvalue weighted by atomic mass is 32.2. The van der Waals surface area contributed by atoms with Crippen LogP contribution in [0.5, 0.6) is 5.75 Å². The molecule has 0 fully saturated rings. The molecule has 1 amide bonds. The van der Waals surface area contributed by atoms with Gasteiger partial charge in [-0.15, -0.1) is 0 Å².